The molecule has 2 rings (SSSR count). The molecular formula is C22H37NO2S. The molecule has 1 aromatic rings. The van der Waals surface area contributed by atoms with Gasteiger partial charge >= 0.3 is 0 Å². The zero-order chi connectivity index (χ0) is 19.6. The van der Waals surface area contributed by atoms with E-state index < -0.39 is 10.0 Å². The van der Waals surface area contributed by atoms with Crippen LogP contribution in [0.1, 0.15) is 108 Å². The summed E-state index contributed by atoms with van der Waals surface area (Å²) in [5, 5.41) is 0. The van der Waals surface area contributed by atoms with Gasteiger partial charge in [0.15, 0.2) is 0 Å². The summed E-state index contributed by atoms with van der Waals surface area (Å²) in [6.45, 7) is 12.7. The second-order valence-corrected chi connectivity index (χ2v) is 10.7. The summed E-state index contributed by atoms with van der Waals surface area (Å²) in [5.74, 6) is 0.740. The lowest BCUT2D eigenvalue weighted by molar-refractivity contribution is 0.285. The van der Waals surface area contributed by atoms with Crippen molar-refractivity contribution >= 4 is 10.0 Å². The van der Waals surface area contributed by atoms with Gasteiger partial charge < -0.3 is 0 Å². The van der Waals surface area contributed by atoms with Crippen LogP contribution in [0.15, 0.2) is 17.0 Å². The first-order chi connectivity index (χ1) is 12.1. The maximum Gasteiger partial charge on any atom is 0.243 e. The molecule has 0 saturated heterocycles. The molecule has 1 aliphatic carbocycles. The maximum absolute atomic E-state index is 13.7. The molecule has 1 fully saturated rings. The normalized spacial score (nSPS) is 17.0. The summed E-state index contributed by atoms with van der Waals surface area (Å²) < 4.78 is 29.1. The van der Waals surface area contributed by atoms with Crippen molar-refractivity contribution in [3.8, 4) is 0 Å². The van der Waals surface area contributed by atoms with Gasteiger partial charge in [-0.05, 0) is 47.3 Å². The number of rotatable bonds is 6. The van der Waals surface area contributed by atoms with Gasteiger partial charge in [0.1, 0.15) is 0 Å². The van der Waals surface area contributed by atoms with Gasteiger partial charge in [0, 0.05) is 13.1 Å². The Balaban J connectivity index is 2.64. The van der Waals surface area contributed by atoms with E-state index in [0.29, 0.717) is 10.8 Å². The fourth-order valence-electron chi connectivity index (χ4n) is 3.97. The average molecular weight is 380 g/mol. The largest absolute Gasteiger partial charge is 0.243 e. The smallest absolute Gasteiger partial charge is 0.207 e. The second kappa shape index (κ2) is 8.43. The van der Waals surface area contributed by atoms with E-state index in [1.807, 2.05) is 0 Å². The first kappa shape index (κ1) is 21.4. The maximum atomic E-state index is 13.7. The molecule has 1 saturated carbocycles. The molecule has 0 aromatic heterocycles. The van der Waals surface area contributed by atoms with Crippen molar-refractivity contribution in [1.29, 1.82) is 0 Å². The van der Waals surface area contributed by atoms with Crippen molar-refractivity contribution in [2.45, 2.75) is 102 Å². The lowest BCUT2D eigenvalue weighted by Gasteiger charge is -2.33. The van der Waals surface area contributed by atoms with Crippen molar-refractivity contribution in [1.82, 2.24) is 4.31 Å². The van der Waals surface area contributed by atoms with Crippen molar-refractivity contribution < 1.29 is 8.42 Å². The second-order valence-electron chi connectivity index (χ2n) is 8.81. The Morgan fingerprint density at radius 1 is 0.846 bits per heavy atom. The number of hydrogen-bond donors (Lipinski definition) is 0. The highest BCUT2D eigenvalue weighted by molar-refractivity contribution is 7.89. The molecule has 26 heavy (non-hydrogen) atoms. The molecule has 0 atom stereocenters. The fraction of sp³-hybridized carbons (Fsp3) is 0.727. The Hall–Kier alpha value is -0.870. The van der Waals surface area contributed by atoms with E-state index in [9.17, 15) is 8.42 Å². The Kier molecular flexibility index (Phi) is 6.95. The van der Waals surface area contributed by atoms with Crippen LogP contribution in [0.3, 0.4) is 0 Å². The van der Waals surface area contributed by atoms with Crippen molar-refractivity contribution in [3.05, 3.63) is 28.8 Å². The number of sulfonamides is 1. The quantitative estimate of drug-likeness (QED) is 0.607. The van der Waals surface area contributed by atoms with Gasteiger partial charge in [0.2, 0.25) is 10.0 Å². The zero-order valence-corrected chi connectivity index (χ0v) is 18.5. The minimum atomic E-state index is -3.50. The third kappa shape index (κ3) is 4.33. The molecule has 0 aliphatic heterocycles. The van der Waals surface area contributed by atoms with Crippen LogP contribution in [0.5, 0.6) is 0 Å². The lowest BCUT2D eigenvalue weighted by atomic mass is 9.89. The summed E-state index contributed by atoms with van der Waals surface area (Å²) in [6.07, 6.45) is 5.44. The van der Waals surface area contributed by atoms with Crippen LogP contribution in [-0.2, 0) is 10.0 Å². The van der Waals surface area contributed by atoms with E-state index in [-0.39, 0.29) is 17.9 Å². The molecule has 0 heterocycles. The van der Waals surface area contributed by atoms with Crippen LogP contribution in [0.25, 0.3) is 0 Å². The Morgan fingerprint density at radius 2 is 1.31 bits per heavy atom. The molecule has 0 radical (unpaired) electrons. The lowest BCUT2D eigenvalue weighted by Crippen LogP contribution is -2.39. The van der Waals surface area contributed by atoms with E-state index in [1.165, 1.54) is 12.0 Å². The molecule has 3 nitrogen and oxygen atoms in total. The molecule has 0 unspecified atom stereocenters. The van der Waals surface area contributed by atoms with E-state index in [4.69, 9.17) is 0 Å². The molecule has 1 aliphatic rings. The van der Waals surface area contributed by atoms with Gasteiger partial charge in [-0.3, -0.25) is 0 Å². The van der Waals surface area contributed by atoms with Crippen LogP contribution in [0.4, 0.5) is 0 Å². The van der Waals surface area contributed by atoms with Gasteiger partial charge in [0.05, 0.1) is 4.90 Å². The monoisotopic (exact) mass is 379 g/mol. The SMILES string of the molecule is CC(C)c1cc(C(C)C)c(S(=O)(=O)N(C)C2CCCCC2)c(C(C)C)c1. The minimum absolute atomic E-state index is 0.138. The van der Waals surface area contributed by atoms with Crippen molar-refractivity contribution in [3.63, 3.8) is 0 Å². The zero-order valence-electron chi connectivity index (χ0n) is 17.7. The molecule has 0 amide bonds. The molecule has 4 heteroatoms. The van der Waals surface area contributed by atoms with E-state index in [0.717, 1.165) is 36.8 Å². The molecule has 1 aromatic carbocycles. The number of hydrogen-bond acceptors (Lipinski definition) is 2. The first-order valence-corrected chi connectivity index (χ1v) is 11.7. The molecule has 148 valence electrons. The summed E-state index contributed by atoms with van der Waals surface area (Å²) in [4.78, 5) is 0.569. The summed E-state index contributed by atoms with van der Waals surface area (Å²) in [6, 6.07) is 4.39. The number of nitrogens with zero attached hydrogens (tertiary/aromatic N) is 1. The van der Waals surface area contributed by atoms with E-state index in [1.54, 1.807) is 11.4 Å². The van der Waals surface area contributed by atoms with Gasteiger partial charge in [-0.2, -0.15) is 4.31 Å². The summed E-state index contributed by atoms with van der Waals surface area (Å²) in [5.41, 5.74) is 3.18. The minimum Gasteiger partial charge on any atom is -0.207 e. The first-order valence-electron chi connectivity index (χ1n) is 10.2. The number of benzene rings is 1. The Bertz CT molecular complexity index is 685. The van der Waals surface area contributed by atoms with E-state index in [2.05, 4.69) is 53.7 Å². The fourth-order valence-corrected chi connectivity index (χ4v) is 6.05. The van der Waals surface area contributed by atoms with Crippen LogP contribution < -0.4 is 0 Å². The molecular weight excluding hydrogens is 342 g/mol. The topological polar surface area (TPSA) is 37.4 Å². The predicted octanol–water partition coefficient (Wildman–Crippen LogP) is 6.01. The molecule has 0 bridgehead atoms. The van der Waals surface area contributed by atoms with Crippen molar-refractivity contribution in [2.75, 3.05) is 7.05 Å². The van der Waals surface area contributed by atoms with Gasteiger partial charge in [0.25, 0.3) is 0 Å². The van der Waals surface area contributed by atoms with Crippen LogP contribution in [-0.4, -0.2) is 25.8 Å². The third-order valence-corrected chi connectivity index (χ3v) is 7.85. The summed E-state index contributed by atoms with van der Waals surface area (Å²) >= 11 is 0. The predicted molar refractivity (Wildman–Crippen MR) is 111 cm³/mol. The highest BCUT2D eigenvalue weighted by atomic mass is 32.2. The van der Waals surface area contributed by atoms with Gasteiger partial charge in [-0.15, -0.1) is 0 Å². The Labute approximate surface area is 161 Å². The highest BCUT2D eigenvalue weighted by Gasteiger charge is 2.34. The van der Waals surface area contributed by atoms with Crippen LogP contribution in [0, 0.1) is 0 Å². The highest BCUT2D eigenvalue weighted by Crippen LogP contribution is 2.37. The van der Waals surface area contributed by atoms with Crippen molar-refractivity contribution in [2.24, 2.45) is 0 Å². The standard InChI is InChI=1S/C22H37NO2S/c1-15(2)18-13-20(16(3)4)22(21(14-18)17(5)6)26(24,25)23(7)19-11-9-8-10-12-19/h13-17,19H,8-12H2,1-7H3. The van der Waals surface area contributed by atoms with Crippen LogP contribution in [0.2, 0.25) is 0 Å². The van der Waals surface area contributed by atoms with Gasteiger partial charge in [-0.1, -0.05) is 72.9 Å². The van der Waals surface area contributed by atoms with Crippen LogP contribution >= 0.6 is 0 Å². The van der Waals surface area contributed by atoms with Gasteiger partial charge in [-0.25, -0.2) is 8.42 Å². The Morgan fingerprint density at radius 3 is 1.69 bits per heavy atom. The average Bonchev–Trinajstić information content (AvgIpc) is 2.60. The molecule has 0 N–H and O–H groups in total. The third-order valence-electron chi connectivity index (χ3n) is 5.81. The van der Waals surface area contributed by atoms with E-state index >= 15 is 0 Å². The summed E-state index contributed by atoms with van der Waals surface area (Å²) in [7, 11) is -1.71. The molecule has 0 spiro atoms.